The SMILES string of the molecule is CC(OC1CCCCO1)c1ccc(Cl)cc1. The molecule has 2 unspecified atom stereocenters. The summed E-state index contributed by atoms with van der Waals surface area (Å²) < 4.78 is 11.4. The first kappa shape index (κ1) is 11.9. The lowest BCUT2D eigenvalue weighted by Gasteiger charge is -2.26. The third-order valence-electron chi connectivity index (χ3n) is 2.83. The smallest absolute Gasteiger partial charge is 0.158 e. The zero-order valence-electron chi connectivity index (χ0n) is 9.49. The Balaban J connectivity index is 1.91. The molecule has 1 heterocycles. The molecule has 0 aliphatic carbocycles. The highest BCUT2D eigenvalue weighted by Crippen LogP contribution is 2.24. The maximum Gasteiger partial charge on any atom is 0.158 e. The number of rotatable bonds is 3. The predicted octanol–water partition coefficient (Wildman–Crippen LogP) is 3.94. The third-order valence-corrected chi connectivity index (χ3v) is 3.09. The minimum absolute atomic E-state index is 0.0422. The Hall–Kier alpha value is -0.570. The van der Waals surface area contributed by atoms with Crippen LogP contribution in [0.4, 0.5) is 0 Å². The van der Waals surface area contributed by atoms with E-state index >= 15 is 0 Å². The van der Waals surface area contributed by atoms with Gasteiger partial charge in [0.05, 0.1) is 6.10 Å². The van der Waals surface area contributed by atoms with Gasteiger partial charge in [-0.25, -0.2) is 0 Å². The quantitative estimate of drug-likeness (QED) is 0.797. The average molecular weight is 241 g/mol. The summed E-state index contributed by atoms with van der Waals surface area (Å²) in [4.78, 5) is 0. The van der Waals surface area contributed by atoms with Crippen LogP contribution in [0.1, 0.15) is 37.9 Å². The topological polar surface area (TPSA) is 18.5 Å². The first-order chi connectivity index (χ1) is 7.75. The Labute approximate surface area is 102 Å². The van der Waals surface area contributed by atoms with Crippen molar-refractivity contribution in [3.05, 3.63) is 34.9 Å². The van der Waals surface area contributed by atoms with Crippen molar-refractivity contribution >= 4 is 11.6 Å². The second-order valence-corrected chi connectivity index (χ2v) is 4.56. The molecule has 0 amide bonds. The van der Waals surface area contributed by atoms with Crippen LogP contribution in [-0.4, -0.2) is 12.9 Å². The number of halogens is 1. The van der Waals surface area contributed by atoms with Gasteiger partial charge in [0.25, 0.3) is 0 Å². The predicted molar refractivity (Wildman–Crippen MR) is 64.5 cm³/mol. The molecule has 88 valence electrons. The van der Waals surface area contributed by atoms with Crippen LogP contribution >= 0.6 is 11.6 Å². The number of benzene rings is 1. The first-order valence-electron chi connectivity index (χ1n) is 5.78. The fraction of sp³-hybridized carbons (Fsp3) is 0.538. The fourth-order valence-electron chi connectivity index (χ4n) is 1.86. The summed E-state index contributed by atoms with van der Waals surface area (Å²) >= 11 is 5.84. The zero-order chi connectivity index (χ0) is 11.4. The molecule has 0 N–H and O–H groups in total. The summed E-state index contributed by atoms with van der Waals surface area (Å²) in [5, 5.41) is 0.755. The second-order valence-electron chi connectivity index (χ2n) is 4.13. The van der Waals surface area contributed by atoms with Crippen molar-refractivity contribution < 1.29 is 9.47 Å². The van der Waals surface area contributed by atoms with Gasteiger partial charge in [-0.15, -0.1) is 0 Å². The van der Waals surface area contributed by atoms with Gasteiger partial charge in [0.15, 0.2) is 6.29 Å². The van der Waals surface area contributed by atoms with Crippen molar-refractivity contribution in [2.45, 2.75) is 38.6 Å². The summed E-state index contributed by atoms with van der Waals surface area (Å²) in [6.07, 6.45) is 3.35. The van der Waals surface area contributed by atoms with Crippen molar-refractivity contribution in [1.82, 2.24) is 0 Å². The number of hydrogen-bond donors (Lipinski definition) is 0. The molecule has 0 aromatic heterocycles. The maximum atomic E-state index is 5.85. The van der Waals surface area contributed by atoms with E-state index in [2.05, 4.69) is 0 Å². The summed E-state index contributed by atoms with van der Waals surface area (Å²) in [5.74, 6) is 0. The van der Waals surface area contributed by atoms with Gasteiger partial charge in [0, 0.05) is 11.6 Å². The minimum Gasteiger partial charge on any atom is -0.353 e. The standard InChI is InChI=1S/C13H17ClO2/c1-10(11-5-7-12(14)8-6-11)16-13-4-2-3-9-15-13/h5-8,10,13H,2-4,9H2,1H3. The van der Waals surface area contributed by atoms with Gasteiger partial charge >= 0.3 is 0 Å². The third kappa shape index (κ3) is 3.21. The molecule has 0 radical (unpaired) electrons. The van der Waals surface area contributed by atoms with E-state index in [1.165, 1.54) is 6.42 Å². The first-order valence-corrected chi connectivity index (χ1v) is 6.16. The normalized spacial score (nSPS) is 23.0. The molecule has 16 heavy (non-hydrogen) atoms. The molecule has 0 bridgehead atoms. The second kappa shape index (κ2) is 5.67. The summed E-state index contributed by atoms with van der Waals surface area (Å²) in [6, 6.07) is 7.77. The van der Waals surface area contributed by atoms with Gasteiger partial charge in [-0.05, 0) is 43.9 Å². The van der Waals surface area contributed by atoms with Gasteiger partial charge < -0.3 is 9.47 Å². The highest BCUT2D eigenvalue weighted by atomic mass is 35.5. The van der Waals surface area contributed by atoms with E-state index in [1.54, 1.807) is 0 Å². The monoisotopic (exact) mass is 240 g/mol. The largest absolute Gasteiger partial charge is 0.353 e. The molecule has 0 saturated carbocycles. The summed E-state index contributed by atoms with van der Waals surface area (Å²) in [5.41, 5.74) is 1.14. The Kier molecular flexibility index (Phi) is 4.22. The van der Waals surface area contributed by atoms with Crippen LogP contribution in [-0.2, 0) is 9.47 Å². The Bertz CT molecular complexity index is 317. The minimum atomic E-state index is -0.0422. The van der Waals surface area contributed by atoms with Crippen LogP contribution in [0.5, 0.6) is 0 Å². The molecule has 1 saturated heterocycles. The van der Waals surface area contributed by atoms with E-state index in [4.69, 9.17) is 21.1 Å². The van der Waals surface area contributed by atoms with E-state index in [-0.39, 0.29) is 12.4 Å². The summed E-state index contributed by atoms with van der Waals surface area (Å²) in [6.45, 7) is 2.86. The Morgan fingerprint density at radius 2 is 2.06 bits per heavy atom. The lowest BCUT2D eigenvalue weighted by Crippen LogP contribution is -2.23. The van der Waals surface area contributed by atoms with Gasteiger partial charge in [-0.1, -0.05) is 23.7 Å². The lowest BCUT2D eigenvalue weighted by molar-refractivity contribution is -0.186. The maximum absolute atomic E-state index is 5.85. The summed E-state index contributed by atoms with van der Waals surface area (Å²) in [7, 11) is 0. The van der Waals surface area contributed by atoms with E-state index in [9.17, 15) is 0 Å². The van der Waals surface area contributed by atoms with Crippen LogP contribution in [0.3, 0.4) is 0 Å². The van der Waals surface area contributed by atoms with Crippen molar-refractivity contribution in [3.8, 4) is 0 Å². The highest BCUT2D eigenvalue weighted by molar-refractivity contribution is 6.30. The van der Waals surface area contributed by atoms with Crippen LogP contribution in [0.2, 0.25) is 5.02 Å². The fourth-order valence-corrected chi connectivity index (χ4v) is 1.98. The molecule has 2 rings (SSSR count). The average Bonchev–Trinajstić information content (AvgIpc) is 2.31. The molecule has 1 aromatic rings. The molecule has 0 spiro atoms. The Morgan fingerprint density at radius 3 is 2.69 bits per heavy atom. The molecule has 1 aromatic carbocycles. The van der Waals surface area contributed by atoms with Gasteiger partial charge in [-0.3, -0.25) is 0 Å². The van der Waals surface area contributed by atoms with Crippen LogP contribution in [0.25, 0.3) is 0 Å². The van der Waals surface area contributed by atoms with Gasteiger partial charge in [0.1, 0.15) is 0 Å². The van der Waals surface area contributed by atoms with Gasteiger partial charge in [0.2, 0.25) is 0 Å². The highest BCUT2D eigenvalue weighted by Gasteiger charge is 2.17. The van der Waals surface area contributed by atoms with Crippen LogP contribution in [0.15, 0.2) is 24.3 Å². The zero-order valence-corrected chi connectivity index (χ0v) is 10.2. The van der Waals surface area contributed by atoms with Crippen LogP contribution in [0, 0.1) is 0 Å². The molecular weight excluding hydrogens is 224 g/mol. The van der Waals surface area contributed by atoms with Crippen LogP contribution < -0.4 is 0 Å². The van der Waals surface area contributed by atoms with Crippen molar-refractivity contribution in [1.29, 1.82) is 0 Å². The molecule has 3 heteroatoms. The molecule has 1 aliphatic heterocycles. The molecule has 2 atom stereocenters. The molecule has 1 fully saturated rings. The van der Waals surface area contributed by atoms with Crippen molar-refractivity contribution in [3.63, 3.8) is 0 Å². The van der Waals surface area contributed by atoms with E-state index in [0.717, 1.165) is 30.0 Å². The Morgan fingerprint density at radius 1 is 1.31 bits per heavy atom. The lowest BCUT2D eigenvalue weighted by atomic mass is 10.1. The van der Waals surface area contributed by atoms with Gasteiger partial charge in [-0.2, -0.15) is 0 Å². The number of ether oxygens (including phenoxy) is 2. The van der Waals surface area contributed by atoms with E-state index in [1.807, 2.05) is 31.2 Å². The van der Waals surface area contributed by atoms with Crippen molar-refractivity contribution in [2.75, 3.05) is 6.61 Å². The molecule has 1 aliphatic rings. The molecular formula is C13H17ClO2. The molecule has 2 nitrogen and oxygen atoms in total. The van der Waals surface area contributed by atoms with E-state index < -0.39 is 0 Å². The number of hydrogen-bond acceptors (Lipinski definition) is 2. The van der Waals surface area contributed by atoms with E-state index in [0.29, 0.717) is 0 Å². The van der Waals surface area contributed by atoms with Crippen molar-refractivity contribution in [2.24, 2.45) is 0 Å².